The van der Waals surface area contributed by atoms with E-state index >= 15 is 0 Å². The third kappa shape index (κ3) is 2.65. The number of hydrogen-bond donors (Lipinski definition) is 2. The predicted octanol–water partition coefficient (Wildman–Crippen LogP) is 6.28. The maximum absolute atomic E-state index is 6.70. The zero-order chi connectivity index (χ0) is 22.8. The number of ether oxygens (including phenoxy) is 1. The average molecular weight is 444 g/mol. The summed E-state index contributed by atoms with van der Waals surface area (Å²) < 4.78 is 9.07. The predicted molar refractivity (Wildman–Crippen MR) is 139 cm³/mol. The largest absolute Gasteiger partial charge is 0.438 e. The Morgan fingerprint density at radius 1 is 0.735 bits per heavy atom. The summed E-state index contributed by atoms with van der Waals surface area (Å²) in [7, 11) is 0. The maximum atomic E-state index is 6.70. The maximum Gasteiger partial charge on any atom is 0.217 e. The number of fused-ring (bicyclic) bond motifs is 7. The SMILES string of the molecule is Cc1c(C)n(-c2ccc3ccccc3c2)c2ccc3c(c12)OC1=C(NCCN1)c1ccccc1-3. The molecule has 4 nitrogen and oxygen atoms in total. The fourth-order valence-electron chi connectivity index (χ4n) is 5.49. The molecule has 3 heterocycles. The van der Waals surface area contributed by atoms with Gasteiger partial charge in [0.25, 0.3) is 0 Å². The first kappa shape index (κ1) is 19.3. The minimum Gasteiger partial charge on any atom is -0.438 e. The molecule has 0 radical (unpaired) electrons. The Balaban J connectivity index is 1.53. The van der Waals surface area contributed by atoms with Crippen LogP contribution in [0.2, 0.25) is 0 Å². The summed E-state index contributed by atoms with van der Waals surface area (Å²) in [6, 6.07) is 28.2. The van der Waals surface area contributed by atoms with Gasteiger partial charge in [-0.15, -0.1) is 0 Å². The molecule has 0 fully saturated rings. The molecule has 0 spiro atoms. The molecule has 0 aliphatic carbocycles. The van der Waals surface area contributed by atoms with E-state index in [2.05, 4.69) is 108 Å². The van der Waals surface area contributed by atoms with Gasteiger partial charge in [-0.3, -0.25) is 0 Å². The second kappa shape index (κ2) is 7.16. The van der Waals surface area contributed by atoms with Gasteiger partial charge >= 0.3 is 0 Å². The van der Waals surface area contributed by atoms with Crippen molar-refractivity contribution in [3.8, 4) is 22.6 Å². The van der Waals surface area contributed by atoms with Gasteiger partial charge in [-0.1, -0.05) is 54.6 Å². The third-order valence-electron chi connectivity index (χ3n) is 7.25. The molecule has 7 rings (SSSR count). The molecule has 34 heavy (non-hydrogen) atoms. The van der Waals surface area contributed by atoms with Gasteiger partial charge in [-0.2, -0.15) is 0 Å². The lowest BCUT2D eigenvalue weighted by Gasteiger charge is -2.22. The smallest absolute Gasteiger partial charge is 0.217 e. The minimum atomic E-state index is 0.806. The summed E-state index contributed by atoms with van der Waals surface area (Å²) in [5.41, 5.74) is 9.32. The van der Waals surface area contributed by atoms with Crippen LogP contribution in [0.15, 0.2) is 84.7 Å². The van der Waals surface area contributed by atoms with E-state index in [0.29, 0.717) is 0 Å². The second-order valence-electron chi connectivity index (χ2n) is 9.12. The molecule has 4 aromatic carbocycles. The molecule has 5 aromatic rings. The molecular formula is C30H25N3O. The van der Waals surface area contributed by atoms with E-state index in [1.54, 1.807) is 0 Å². The van der Waals surface area contributed by atoms with Gasteiger partial charge in [0.2, 0.25) is 5.88 Å². The molecular weight excluding hydrogens is 418 g/mol. The molecule has 0 bridgehead atoms. The van der Waals surface area contributed by atoms with Crippen molar-refractivity contribution in [1.82, 2.24) is 15.2 Å². The molecule has 0 amide bonds. The highest BCUT2D eigenvalue weighted by atomic mass is 16.5. The van der Waals surface area contributed by atoms with Gasteiger partial charge in [-0.25, -0.2) is 0 Å². The highest BCUT2D eigenvalue weighted by Gasteiger charge is 2.28. The van der Waals surface area contributed by atoms with E-state index in [1.807, 2.05) is 0 Å². The molecule has 2 aliphatic rings. The van der Waals surface area contributed by atoms with Crippen LogP contribution in [-0.4, -0.2) is 17.7 Å². The van der Waals surface area contributed by atoms with Crippen LogP contribution in [0.1, 0.15) is 16.8 Å². The Bertz CT molecular complexity index is 1660. The number of nitrogens with zero attached hydrogens (tertiary/aromatic N) is 1. The third-order valence-corrected chi connectivity index (χ3v) is 7.25. The second-order valence-corrected chi connectivity index (χ2v) is 9.12. The van der Waals surface area contributed by atoms with E-state index in [-0.39, 0.29) is 0 Å². The van der Waals surface area contributed by atoms with Crippen LogP contribution in [0.5, 0.6) is 5.75 Å². The van der Waals surface area contributed by atoms with E-state index in [0.717, 1.165) is 41.5 Å². The first-order valence-corrected chi connectivity index (χ1v) is 11.8. The molecule has 1 aromatic heterocycles. The molecule has 0 saturated carbocycles. The van der Waals surface area contributed by atoms with Crippen molar-refractivity contribution >= 4 is 27.4 Å². The van der Waals surface area contributed by atoms with Crippen molar-refractivity contribution in [2.45, 2.75) is 13.8 Å². The van der Waals surface area contributed by atoms with Crippen LogP contribution >= 0.6 is 0 Å². The molecule has 2 aliphatic heterocycles. The van der Waals surface area contributed by atoms with Gasteiger partial charge < -0.3 is 19.9 Å². The van der Waals surface area contributed by atoms with Crippen molar-refractivity contribution < 1.29 is 4.74 Å². The van der Waals surface area contributed by atoms with Crippen LogP contribution in [0.3, 0.4) is 0 Å². The quantitative estimate of drug-likeness (QED) is 0.320. The van der Waals surface area contributed by atoms with Crippen molar-refractivity contribution in [2.24, 2.45) is 0 Å². The zero-order valence-corrected chi connectivity index (χ0v) is 19.3. The summed E-state index contributed by atoms with van der Waals surface area (Å²) in [5, 5.41) is 10.7. The van der Waals surface area contributed by atoms with Crippen molar-refractivity contribution in [2.75, 3.05) is 13.1 Å². The van der Waals surface area contributed by atoms with E-state index in [9.17, 15) is 0 Å². The van der Waals surface area contributed by atoms with Gasteiger partial charge in [0.1, 0.15) is 11.4 Å². The summed E-state index contributed by atoms with van der Waals surface area (Å²) in [5.74, 6) is 1.73. The van der Waals surface area contributed by atoms with Crippen molar-refractivity contribution in [3.05, 3.63) is 102 Å². The van der Waals surface area contributed by atoms with Crippen LogP contribution in [-0.2, 0) is 0 Å². The standard InChI is InChI=1S/C30H25N3O/c1-18-19(2)33(22-12-11-20-7-3-4-8-21(20)17-22)26-14-13-25-23-9-5-6-10-24(23)28-30(32-16-15-31-28)34-29(25)27(18)26/h3-14,17,31-32H,15-16H2,1-2H3. The zero-order valence-electron chi connectivity index (χ0n) is 19.3. The van der Waals surface area contributed by atoms with Crippen molar-refractivity contribution in [1.29, 1.82) is 0 Å². The Labute approximate surface area is 198 Å². The lowest BCUT2D eigenvalue weighted by Crippen LogP contribution is -2.36. The lowest BCUT2D eigenvalue weighted by atomic mass is 9.95. The molecule has 0 unspecified atom stereocenters. The Morgan fingerprint density at radius 3 is 2.38 bits per heavy atom. The highest BCUT2D eigenvalue weighted by molar-refractivity contribution is 6.01. The lowest BCUT2D eigenvalue weighted by molar-refractivity contribution is 0.377. The van der Waals surface area contributed by atoms with Gasteiger partial charge in [0.15, 0.2) is 0 Å². The van der Waals surface area contributed by atoms with Gasteiger partial charge in [0.05, 0.1) is 5.52 Å². The van der Waals surface area contributed by atoms with Crippen LogP contribution in [0, 0.1) is 13.8 Å². The minimum absolute atomic E-state index is 0.806. The number of nitrogens with one attached hydrogen (secondary N) is 2. The normalized spacial score (nSPS) is 14.5. The van der Waals surface area contributed by atoms with Crippen LogP contribution in [0.25, 0.3) is 44.2 Å². The van der Waals surface area contributed by atoms with Crippen LogP contribution in [0.4, 0.5) is 0 Å². The first-order chi connectivity index (χ1) is 16.7. The van der Waals surface area contributed by atoms with Gasteiger partial charge in [-0.05, 0) is 60.0 Å². The van der Waals surface area contributed by atoms with E-state index < -0.39 is 0 Å². The Morgan fingerprint density at radius 2 is 1.50 bits per heavy atom. The topological polar surface area (TPSA) is 38.2 Å². The molecule has 4 heteroatoms. The molecule has 166 valence electrons. The fourth-order valence-corrected chi connectivity index (χ4v) is 5.49. The number of aryl methyl sites for hydroxylation is 1. The molecule has 0 saturated heterocycles. The van der Waals surface area contributed by atoms with Crippen LogP contribution < -0.4 is 15.4 Å². The number of aromatic nitrogens is 1. The number of rotatable bonds is 1. The summed E-state index contributed by atoms with van der Waals surface area (Å²) in [6.07, 6.45) is 0. The summed E-state index contributed by atoms with van der Waals surface area (Å²) in [6.45, 7) is 6.12. The van der Waals surface area contributed by atoms with E-state index in [1.165, 1.54) is 44.2 Å². The Kier molecular flexibility index (Phi) is 4.06. The number of benzene rings is 4. The van der Waals surface area contributed by atoms with E-state index in [4.69, 9.17) is 4.74 Å². The highest BCUT2D eigenvalue weighted by Crippen LogP contribution is 2.46. The molecule has 2 N–H and O–H groups in total. The Hall–Kier alpha value is -4.18. The fraction of sp³-hybridized carbons (Fsp3) is 0.133. The van der Waals surface area contributed by atoms with Crippen molar-refractivity contribution in [3.63, 3.8) is 0 Å². The monoisotopic (exact) mass is 443 g/mol. The summed E-state index contributed by atoms with van der Waals surface area (Å²) in [4.78, 5) is 0. The first-order valence-electron chi connectivity index (χ1n) is 11.8. The average Bonchev–Trinajstić information content (AvgIpc) is 3.05. The van der Waals surface area contributed by atoms with Gasteiger partial charge in [0, 0.05) is 41.0 Å². The molecule has 0 atom stereocenters. The number of hydrogen-bond acceptors (Lipinski definition) is 3. The summed E-state index contributed by atoms with van der Waals surface area (Å²) >= 11 is 0.